The van der Waals surface area contributed by atoms with Gasteiger partial charge in [0.15, 0.2) is 0 Å². The number of hydrogen-bond acceptors (Lipinski definition) is 3. The Balaban J connectivity index is 0.000000696. The fraction of sp³-hybridized carbons (Fsp3) is 0.357. The van der Waals surface area contributed by atoms with Gasteiger partial charge >= 0.3 is 0 Å². The quantitative estimate of drug-likeness (QED) is 0.370. The Morgan fingerprint density at radius 2 is 1.15 bits per heavy atom. The average Bonchev–Trinajstić information content (AvgIpc) is 2.79. The number of nitrogens with zero attached hydrogens (tertiary/aromatic N) is 1. The summed E-state index contributed by atoms with van der Waals surface area (Å²) >= 11 is 0. The van der Waals surface area contributed by atoms with Gasteiger partial charge < -0.3 is 19.2 Å². The second-order valence-electron chi connectivity index (χ2n) is 9.66. The van der Waals surface area contributed by atoms with Crippen molar-refractivity contribution in [2.24, 2.45) is 0 Å². The zero-order valence-electron chi connectivity index (χ0n) is 20.6. The maximum atomic E-state index is 11.9. The first-order chi connectivity index (χ1) is 15.7. The van der Waals surface area contributed by atoms with Crippen LogP contribution in [-0.2, 0) is 10.3 Å². The first-order valence-corrected chi connectivity index (χ1v) is 11.6. The van der Waals surface area contributed by atoms with Crippen LogP contribution in [0.3, 0.4) is 0 Å². The summed E-state index contributed by atoms with van der Waals surface area (Å²) in [5.74, 6) is -0.163. The Morgan fingerprint density at radius 3 is 1.52 bits per heavy atom. The van der Waals surface area contributed by atoms with E-state index in [2.05, 4.69) is 47.2 Å². The van der Waals surface area contributed by atoms with Gasteiger partial charge in [0.25, 0.3) is 0 Å². The summed E-state index contributed by atoms with van der Waals surface area (Å²) < 4.78 is 6.81. The molecule has 5 heteroatoms. The third-order valence-electron chi connectivity index (χ3n) is 5.23. The second kappa shape index (κ2) is 12.7. The van der Waals surface area contributed by atoms with E-state index in [1.807, 2.05) is 78.9 Å². The van der Waals surface area contributed by atoms with Crippen molar-refractivity contribution in [1.82, 2.24) is 0 Å². The summed E-state index contributed by atoms with van der Waals surface area (Å²) in [6.07, 6.45) is 2.78. The molecule has 3 rings (SSSR count). The lowest BCUT2D eigenvalue weighted by Crippen LogP contribution is -2.55. The van der Waals surface area contributed by atoms with Crippen molar-refractivity contribution >= 4 is 7.32 Å². The maximum absolute atomic E-state index is 11.9. The van der Waals surface area contributed by atoms with Gasteiger partial charge in [0.2, 0.25) is 0 Å². The summed E-state index contributed by atoms with van der Waals surface area (Å²) in [6, 6.07) is 29.3. The van der Waals surface area contributed by atoms with Crippen molar-refractivity contribution < 1.29 is 19.2 Å². The van der Waals surface area contributed by atoms with Crippen LogP contribution in [0.25, 0.3) is 0 Å². The van der Waals surface area contributed by atoms with E-state index in [0.29, 0.717) is 0 Å². The zero-order chi connectivity index (χ0) is 24.3. The summed E-state index contributed by atoms with van der Waals surface area (Å²) in [5, 5.41) is 23.8. The lowest BCUT2D eigenvalue weighted by Gasteiger charge is -2.48. The Labute approximate surface area is 200 Å². The van der Waals surface area contributed by atoms with Crippen LogP contribution in [0.2, 0.25) is 0 Å². The Kier molecular flexibility index (Phi) is 10.3. The average molecular weight is 446 g/mol. The molecule has 3 aromatic rings. The minimum absolute atomic E-state index is 0.163. The molecule has 0 aliphatic carbocycles. The van der Waals surface area contributed by atoms with Gasteiger partial charge in [-0.1, -0.05) is 111 Å². The highest BCUT2D eigenvalue weighted by Gasteiger charge is 2.42. The largest absolute Gasteiger partial charge is 0.871 e. The van der Waals surface area contributed by atoms with Crippen molar-refractivity contribution in [3.63, 3.8) is 0 Å². The summed E-state index contributed by atoms with van der Waals surface area (Å²) in [4.78, 5) is 0. The fourth-order valence-electron chi connectivity index (χ4n) is 4.01. The molecule has 0 fully saturated rings. The third kappa shape index (κ3) is 8.13. The molecule has 0 saturated carbocycles. The first-order valence-electron chi connectivity index (χ1n) is 11.6. The summed E-state index contributed by atoms with van der Waals surface area (Å²) in [7, 11) is 6.10. The Hall–Kier alpha value is -2.44. The highest BCUT2D eigenvalue weighted by Crippen LogP contribution is 2.48. The Morgan fingerprint density at radius 1 is 0.758 bits per heavy atom. The molecule has 1 unspecified atom stereocenters. The molecular weight excluding hydrogens is 409 g/mol. The van der Waals surface area contributed by atoms with E-state index in [1.165, 1.54) is 0 Å². The molecule has 0 saturated heterocycles. The van der Waals surface area contributed by atoms with Gasteiger partial charge in [-0.05, 0) is 23.1 Å². The number of unbranched alkanes of at least 4 members (excludes halogenated alkanes) is 1. The number of hydrogen-bond donors (Lipinski definition) is 0. The van der Waals surface area contributed by atoms with E-state index in [0.717, 1.165) is 40.4 Å². The van der Waals surface area contributed by atoms with E-state index in [-0.39, 0.29) is 5.92 Å². The van der Waals surface area contributed by atoms with Crippen LogP contribution in [0.4, 0.5) is 0 Å². The van der Waals surface area contributed by atoms with Crippen LogP contribution in [0, 0.1) is 0 Å². The molecule has 33 heavy (non-hydrogen) atoms. The van der Waals surface area contributed by atoms with Gasteiger partial charge in [-0.2, -0.15) is 0 Å². The van der Waals surface area contributed by atoms with Crippen molar-refractivity contribution in [2.75, 3.05) is 28.2 Å². The highest BCUT2D eigenvalue weighted by atomic mass is 16.6. The van der Waals surface area contributed by atoms with Crippen molar-refractivity contribution in [2.45, 2.75) is 37.7 Å². The topological polar surface area (TPSA) is 55.3 Å². The lowest BCUT2D eigenvalue weighted by atomic mass is 9.70. The van der Waals surface area contributed by atoms with Crippen LogP contribution in [0.1, 0.15) is 48.8 Å². The van der Waals surface area contributed by atoms with Gasteiger partial charge in [0, 0.05) is 5.92 Å². The lowest BCUT2D eigenvalue weighted by molar-refractivity contribution is -0.849. The molecule has 0 spiro atoms. The predicted octanol–water partition coefficient (Wildman–Crippen LogP) is 3.95. The van der Waals surface area contributed by atoms with Crippen LogP contribution in [-0.4, -0.2) is 40.0 Å². The molecule has 0 N–H and O–H groups in total. The Bertz CT molecular complexity index is 867. The van der Waals surface area contributed by atoms with Crippen LogP contribution >= 0.6 is 0 Å². The molecule has 0 amide bonds. The molecule has 0 aliphatic heterocycles. The van der Waals surface area contributed by atoms with Crippen LogP contribution in [0.5, 0.6) is 0 Å². The number of benzene rings is 3. The van der Waals surface area contributed by atoms with E-state index < -0.39 is 12.9 Å². The van der Waals surface area contributed by atoms with E-state index >= 15 is 0 Å². The molecule has 0 radical (unpaired) electrons. The zero-order valence-corrected chi connectivity index (χ0v) is 20.6. The van der Waals surface area contributed by atoms with Crippen molar-refractivity contribution in [1.29, 1.82) is 0 Å². The number of rotatable bonds is 9. The molecule has 0 aromatic heterocycles. The summed E-state index contributed by atoms with van der Waals surface area (Å²) in [6.45, 7) is 2.14. The van der Waals surface area contributed by atoms with Crippen molar-refractivity contribution in [3.05, 3.63) is 108 Å². The first kappa shape index (κ1) is 26.8. The molecular formula is C28H37BNO3-. The van der Waals surface area contributed by atoms with E-state index in [4.69, 9.17) is 4.65 Å². The van der Waals surface area contributed by atoms with Gasteiger partial charge in [-0.15, -0.1) is 0 Å². The molecule has 0 heterocycles. The molecule has 0 bridgehead atoms. The third-order valence-corrected chi connectivity index (χ3v) is 5.23. The molecule has 3 aromatic carbocycles. The second-order valence-corrected chi connectivity index (χ2v) is 9.66. The van der Waals surface area contributed by atoms with Gasteiger partial charge in [-0.25, -0.2) is 0 Å². The van der Waals surface area contributed by atoms with Crippen LogP contribution < -0.4 is 10.0 Å². The fourth-order valence-corrected chi connectivity index (χ4v) is 4.01. The maximum Gasteiger partial charge on any atom is 0.106 e. The predicted molar refractivity (Wildman–Crippen MR) is 133 cm³/mol. The minimum atomic E-state index is -2.40. The molecule has 1 atom stereocenters. The standard InChI is InChI=1S/C24H25BO3.C4H12N/c1-2-3-19-23(20-13-7-4-8-14-20)24(28-25(26)27,21-15-9-5-10-16-21)22-17-11-6-12-18-22;1-5(2,3)4/h4-18,23H,2-3,19H2,1H3;1-4H3/q-2;+1. The normalized spacial score (nSPS) is 12.5. The summed E-state index contributed by atoms with van der Waals surface area (Å²) in [5.41, 5.74) is 1.56. The molecule has 176 valence electrons. The SMILES string of the molecule is CCCCC(c1ccccc1)C(OB([O-])[O-])(c1ccccc1)c1ccccc1.C[N+](C)(C)C. The minimum Gasteiger partial charge on any atom is -0.871 e. The molecule has 4 nitrogen and oxygen atoms in total. The van der Waals surface area contributed by atoms with E-state index in [1.54, 1.807) is 0 Å². The highest BCUT2D eigenvalue weighted by molar-refractivity contribution is 6.28. The van der Waals surface area contributed by atoms with Gasteiger partial charge in [0.05, 0.1) is 35.5 Å². The number of quaternary nitrogens is 1. The van der Waals surface area contributed by atoms with E-state index in [9.17, 15) is 10.0 Å². The van der Waals surface area contributed by atoms with Gasteiger partial charge in [-0.3, -0.25) is 0 Å². The monoisotopic (exact) mass is 446 g/mol. The smallest absolute Gasteiger partial charge is 0.106 e. The van der Waals surface area contributed by atoms with Crippen LogP contribution in [0.15, 0.2) is 91.0 Å². The van der Waals surface area contributed by atoms with Gasteiger partial charge in [0.1, 0.15) is 5.60 Å². The molecule has 0 aliphatic rings. The van der Waals surface area contributed by atoms with Crippen molar-refractivity contribution in [3.8, 4) is 0 Å².